The largest absolute Gasteiger partial charge is 0.481 e. The second-order valence-corrected chi connectivity index (χ2v) is 10.4. The van der Waals surface area contributed by atoms with E-state index in [2.05, 4.69) is 78.4 Å². The molecule has 0 spiro atoms. The van der Waals surface area contributed by atoms with Crippen LogP contribution in [0.4, 0.5) is 0 Å². The Kier molecular flexibility index (Phi) is 12.6. The number of alkyl halides is 1. The lowest BCUT2D eigenvalue weighted by Crippen LogP contribution is -2.48. The molecule has 0 radical (unpaired) electrons. The zero-order valence-corrected chi connectivity index (χ0v) is 23.2. The van der Waals surface area contributed by atoms with Crippen LogP contribution in [0.25, 0.3) is 0 Å². The quantitative estimate of drug-likeness (QED) is 0.165. The van der Waals surface area contributed by atoms with Crippen molar-refractivity contribution in [1.82, 2.24) is 10.6 Å². The number of halogens is 4. The Labute approximate surface area is 217 Å². The van der Waals surface area contributed by atoms with E-state index in [0.717, 1.165) is 29.1 Å². The Hall–Kier alpha value is 0.110. The van der Waals surface area contributed by atoms with Crippen LogP contribution in [-0.4, -0.2) is 35.3 Å². The molecule has 3 N–H and O–H groups in total. The van der Waals surface area contributed by atoms with E-state index in [1.165, 1.54) is 0 Å². The van der Waals surface area contributed by atoms with Gasteiger partial charge in [-0.15, -0.1) is 11.6 Å². The van der Waals surface area contributed by atoms with Crippen molar-refractivity contribution in [3.8, 4) is 0 Å². The lowest BCUT2D eigenvalue weighted by Gasteiger charge is -2.35. The number of hydrogen-bond donors (Lipinski definition) is 3. The molecular formula is C19H24ClI3N2O4. The van der Waals surface area contributed by atoms with Crippen LogP contribution in [0.5, 0.6) is 0 Å². The highest BCUT2D eigenvalue weighted by Gasteiger charge is 2.38. The average molecular weight is 761 g/mol. The highest BCUT2D eigenvalue weighted by Crippen LogP contribution is 2.37. The van der Waals surface area contributed by atoms with Crippen molar-refractivity contribution in [1.29, 1.82) is 0 Å². The van der Waals surface area contributed by atoms with E-state index < -0.39 is 11.5 Å². The van der Waals surface area contributed by atoms with Gasteiger partial charge in [-0.3, -0.25) is 14.4 Å². The lowest BCUT2D eigenvalue weighted by atomic mass is 9.83. The van der Waals surface area contributed by atoms with Crippen molar-refractivity contribution in [2.45, 2.75) is 51.0 Å². The molecular weight excluding hydrogens is 736 g/mol. The van der Waals surface area contributed by atoms with Gasteiger partial charge in [-0.2, -0.15) is 0 Å². The number of unbranched alkanes of at least 4 members (excludes halogenated alkanes) is 2. The minimum absolute atomic E-state index is 0.0543. The summed E-state index contributed by atoms with van der Waals surface area (Å²) in [7, 11) is 0. The zero-order valence-electron chi connectivity index (χ0n) is 16.0. The highest BCUT2D eigenvalue weighted by atomic mass is 127. The van der Waals surface area contributed by atoms with Crippen molar-refractivity contribution in [3.05, 3.63) is 28.4 Å². The van der Waals surface area contributed by atoms with Gasteiger partial charge in [-0.1, -0.05) is 13.3 Å². The summed E-state index contributed by atoms with van der Waals surface area (Å²) in [6.45, 7) is 2.43. The van der Waals surface area contributed by atoms with Crippen LogP contribution in [0.2, 0.25) is 0 Å². The van der Waals surface area contributed by atoms with E-state index in [4.69, 9.17) is 11.6 Å². The first-order valence-electron chi connectivity index (χ1n) is 9.15. The topological polar surface area (TPSA) is 95.5 Å². The number of aliphatic carboxylic acids is 1. The van der Waals surface area contributed by atoms with Crippen LogP contribution in [0.3, 0.4) is 0 Å². The van der Waals surface area contributed by atoms with Crippen molar-refractivity contribution in [2.75, 3.05) is 12.4 Å². The predicted molar refractivity (Wildman–Crippen MR) is 139 cm³/mol. The van der Waals surface area contributed by atoms with Crippen LogP contribution in [0.15, 0.2) is 12.1 Å². The Morgan fingerprint density at radius 3 is 2.21 bits per heavy atom. The van der Waals surface area contributed by atoms with E-state index >= 15 is 0 Å². The van der Waals surface area contributed by atoms with Crippen LogP contribution in [0.1, 0.15) is 51.0 Å². The van der Waals surface area contributed by atoms with Crippen molar-refractivity contribution < 1.29 is 19.5 Å². The van der Waals surface area contributed by atoms with Gasteiger partial charge in [0.25, 0.3) is 0 Å². The first-order chi connectivity index (χ1) is 13.6. The minimum Gasteiger partial charge on any atom is -0.481 e. The molecule has 0 saturated carbocycles. The number of rotatable bonds is 12. The molecule has 0 aliphatic rings. The van der Waals surface area contributed by atoms with Gasteiger partial charge in [0, 0.05) is 29.2 Å². The van der Waals surface area contributed by atoms with Crippen LogP contribution in [-0.2, 0) is 19.9 Å². The monoisotopic (exact) mass is 760 g/mol. The normalized spacial score (nSPS) is 12.9. The maximum absolute atomic E-state index is 12.7. The summed E-state index contributed by atoms with van der Waals surface area (Å²) in [6, 6.07) is 3.98. The number of carboxylic acids is 1. The number of carbonyl (C=O) groups excluding carboxylic acids is 2. The minimum atomic E-state index is -0.952. The maximum Gasteiger partial charge on any atom is 0.306 e. The molecule has 0 heterocycles. The van der Waals surface area contributed by atoms with Crippen molar-refractivity contribution in [2.24, 2.45) is 0 Å². The fourth-order valence-corrected chi connectivity index (χ4v) is 7.74. The fourth-order valence-electron chi connectivity index (χ4n) is 3.03. The standard InChI is InChI=1S/C19H24ClI3N2O4/c1-2-19(10-17(28)29,18-13(22)8-12(21)9-14(18)23)25-15(26)6-4-3-5-7-24-16(27)11-20/h8-9H,2-7,10-11H2,1H3,(H,24,27)(H,25,26)(H,28,29). The third kappa shape index (κ3) is 9.01. The second-order valence-electron chi connectivity index (χ2n) is 6.59. The molecule has 1 unspecified atom stereocenters. The fraction of sp³-hybridized carbons (Fsp3) is 0.526. The van der Waals surface area contributed by atoms with E-state index in [0.29, 0.717) is 25.8 Å². The van der Waals surface area contributed by atoms with Crippen LogP contribution >= 0.6 is 79.4 Å². The highest BCUT2D eigenvalue weighted by molar-refractivity contribution is 14.1. The summed E-state index contributed by atoms with van der Waals surface area (Å²) in [5, 5.41) is 15.2. The number of hydrogen-bond acceptors (Lipinski definition) is 3. The first kappa shape index (κ1) is 27.1. The Bertz CT molecular complexity index is 725. The summed E-state index contributed by atoms with van der Waals surface area (Å²) in [5.41, 5.74) is -0.0876. The maximum atomic E-state index is 12.7. The molecule has 1 rings (SSSR count). The molecule has 1 aromatic rings. The smallest absolute Gasteiger partial charge is 0.306 e. The Morgan fingerprint density at radius 2 is 1.69 bits per heavy atom. The van der Waals surface area contributed by atoms with E-state index in [-0.39, 0.29) is 24.1 Å². The van der Waals surface area contributed by atoms with Gasteiger partial charge in [-0.25, -0.2) is 0 Å². The van der Waals surface area contributed by atoms with Crippen molar-refractivity contribution >= 4 is 97.2 Å². The Balaban J connectivity index is 2.83. The molecule has 29 heavy (non-hydrogen) atoms. The average Bonchev–Trinajstić information content (AvgIpc) is 2.62. The molecule has 0 aromatic heterocycles. The number of nitrogens with one attached hydrogen (secondary N) is 2. The molecule has 10 heteroatoms. The Morgan fingerprint density at radius 1 is 1.07 bits per heavy atom. The van der Waals surface area contributed by atoms with E-state index in [1.807, 2.05) is 19.1 Å². The summed E-state index contributed by atoms with van der Waals surface area (Å²) >= 11 is 12.1. The molecule has 2 amide bonds. The zero-order chi connectivity index (χ0) is 22.0. The van der Waals surface area contributed by atoms with Gasteiger partial charge in [0.1, 0.15) is 5.88 Å². The van der Waals surface area contributed by atoms with Crippen molar-refractivity contribution in [3.63, 3.8) is 0 Å². The summed E-state index contributed by atoms with van der Waals surface area (Å²) in [6.07, 6.45) is 2.82. The summed E-state index contributed by atoms with van der Waals surface area (Å²) in [4.78, 5) is 35.4. The third-order valence-corrected chi connectivity index (χ3v) is 7.01. The van der Waals surface area contributed by atoms with Gasteiger partial charge >= 0.3 is 5.97 Å². The number of amides is 2. The number of carbonyl (C=O) groups is 3. The molecule has 1 aromatic carbocycles. The molecule has 0 saturated heterocycles. The number of carboxylic acid groups (broad SMARTS) is 1. The second kappa shape index (κ2) is 13.5. The molecule has 162 valence electrons. The lowest BCUT2D eigenvalue weighted by molar-refractivity contribution is -0.139. The van der Waals surface area contributed by atoms with Crippen LogP contribution in [0, 0.1) is 10.7 Å². The van der Waals surface area contributed by atoms with E-state index in [9.17, 15) is 19.5 Å². The number of benzene rings is 1. The molecule has 0 fully saturated rings. The van der Waals surface area contributed by atoms with Crippen LogP contribution < -0.4 is 10.6 Å². The SMILES string of the molecule is CCC(CC(=O)O)(NC(=O)CCCCCNC(=O)CCl)c1c(I)cc(I)cc1I. The predicted octanol–water partition coefficient (Wildman–Crippen LogP) is 4.61. The molecule has 6 nitrogen and oxygen atoms in total. The third-order valence-electron chi connectivity index (χ3n) is 4.44. The molecule has 1 atom stereocenters. The van der Waals surface area contributed by atoms with Gasteiger partial charge in [0.05, 0.1) is 12.0 Å². The van der Waals surface area contributed by atoms with E-state index in [1.54, 1.807) is 0 Å². The van der Waals surface area contributed by atoms with Gasteiger partial charge in [0.2, 0.25) is 11.8 Å². The van der Waals surface area contributed by atoms with Gasteiger partial charge < -0.3 is 15.7 Å². The molecule has 0 aliphatic carbocycles. The van der Waals surface area contributed by atoms with Gasteiger partial charge in [0.15, 0.2) is 0 Å². The van der Waals surface area contributed by atoms with Gasteiger partial charge in [-0.05, 0) is 99.2 Å². The summed E-state index contributed by atoms with van der Waals surface area (Å²) in [5.74, 6) is -1.37. The molecule has 0 bridgehead atoms. The summed E-state index contributed by atoms with van der Waals surface area (Å²) < 4.78 is 2.95. The molecule has 0 aliphatic heterocycles. The first-order valence-corrected chi connectivity index (χ1v) is 12.9.